The summed E-state index contributed by atoms with van der Waals surface area (Å²) in [6.45, 7) is 0.174. The van der Waals surface area contributed by atoms with Gasteiger partial charge in [-0.1, -0.05) is 0 Å². The van der Waals surface area contributed by atoms with E-state index in [2.05, 4.69) is 0 Å². The predicted molar refractivity (Wildman–Crippen MR) is 69.6 cm³/mol. The topological polar surface area (TPSA) is 104 Å². The van der Waals surface area contributed by atoms with Crippen LogP contribution in [0.3, 0.4) is 0 Å². The molecule has 0 aliphatic heterocycles. The summed E-state index contributed by atoms with van der Waals surface area (Å²) in [4.78, 5) is 21.8. The van der Waals surface area contributed by atoms with Crippen molar-refractivity contribution in [2.45, 2.75) is 6.42 Å². The van der Waals surface area contributed by atoms with E-state index in [4.69, 9.17) is 14.9 Å². The number of hydrogen-bond donors (Lipinski definition) is 3. The summed E-state index contributed by atoms with van der Waals surface area (Å²) in [6.07, 6.45) is 0.549. The Morgan fingerprint density at radius 1 is 1.21 bits per heavy atom. The minimum Gasteiger partial charge on any atom is -0.504 e. The number of phenols is 2. The summed E-state index contributed by atoms with van der Waals surface area (Å²) in [5.41, 5.74) is 0.147. The van der Waals surface area contributed by atoms with Crippen LogP contribution in [0.25, 0.3) is 0 Å². The summed E-state index contributed by atoms with van der Waals surface area (Å²) in [7, 11) is 0. The Hall–Kier alpha value is -1.89. The molecule has 1 aromatic rings. The molecule has 0 aliphatic carbocycles. The molecule has 0 aromatic heterocycles. The number of carboxylic acid groups (broad SMARTS) is 1. The van der Waals surface area contributed by atoms with Crippen LogP contribution in [0.15, 0.2) is 18.2 Å². The molecule has 104 valence electrons. The second kappa shape index (κ2) is 7.52. The molecular weight excluding hydrogens is 272 g/mol. The average Bonchev–Trinajstić information content (AvgIpc) is 2.36. The predicted octanol–water partition coefficient (Wildman–Crippen LogP) is 1.46. The van der Waals surface area contributed by atoms with Gasteiger partial charge in [0.15, 0.2) is 11.5 Å². The first-order valence-corrected chi connectivity index (χ1v) is 6.65. The van der Waals surface area contributed by atoms with Gasteiger partial charge in [-0.05, 0) is 30.4 Å². The summed E-state index contributed by atoms with van der Waals surface area (Å²) >= 11 is 1.25. The van der Waals surface area contributed by atoms with Gasteiger partial charge in [0.05, 0.1) is 17.9 Å². The molecule has 0 radical (unpaired) electrons. The van der Waals surface area contributed by atoms with E-state index >= 15 is 0 Å². The van der Waals surface area contributed by atoms with E-state index in [0.717, 1.165) is 6.07 Å². The Bertz CT molecular complexity index is 460. The number of phenolic OH excluding ortho intramolecular Hbond substituents is 2. The van der Waals surface area contributed by atoms with Crippen LogP contribution >= 0.6 is 11.8 Å². The van der Waals surface area contributed by atoms with E-state index in [-0.39, 0.29) is 29.4 Å². The number of hydrogen-bond acceptors (Lipinski definition) is 6. The highest BCUT2D eigenvalue weighted by molar-refractivity contribution is 7.99. The van der Waals surface area contributed by atoms with Crippen molar-refractivity contribution in [3.05, 3.63) is 23.8 Å². The molecule has 3 N–H and O–H groups in total. The van der Waals surface area contributed by atoms with Crippen molar-refractivity contribution >= 4 is 23.7 Å². The third-order valence-electron chi connectivity index (χ3n) is 2.10. The van der Waals surface area contributed by atoms with E-state index in [1.165, 1.54) is 23.9 Å². The molecule has 0 atom stereocenters. The molecule has 0 saturated carbocycles. The molecule has 0 unspecified atom stereocenters. The monoisotopic (exact) mass is 286 g/mol. The van der Waals surface area contributed by atoms with Gasteiger partial charge in [0, 0.05) is 0 Å². The van der Waals surface area contributed by atoms with Crippen LogP contribution in [-0.4, -0.2) is 45.4 Å². The number of carboxylic acids is 1. The molecule has 1 rings (SSSR count). The summed E-state index contributed by atoms with van der Waals surface area (Å²) in [5.74, 6) is -1.55. The zero-order valence-electron chi connectivity index (χ0n) is 10.0. The first-order chi connectivity index (χ1) is 9.00. The zero-order valence-corrected chi connectivity index (χ0v) is 10.9. The molecule has 0 saturated heterocycles. The molecule has 0 aliphatic rings. The standard InChI is InChI=1S/C12H14O6S/c13-9-3-2-8(6-10(9)14)12(17)18-4-1-5-19-7-11(15)16/h2-3,6,13-14H,1,4-5,7H2,(H,15,16). The van der Waals surface area contributed by atoms with E-state index in [0.29, 0.717) is 12.2 Å². The lowest BCUT2D eigenvalue weighted by atomic mass is 10.2. The molecule has 6 nitrogen and oxygen atoms in total. The zero-order chi connectivity index (χ0) is 14.3. The second-order valence-electron chi connectivity index (χ2n) is 3.64. The minimum atomic E-state index is -0.874. The normalized spacial score (nSPS) is 10.1. The van der Waals surface area contributed by atoms with Gasteiger partial charge in [0.2, 0.25) is 0 Å². The highest BCUT2D eigenvalue weighted by Gasteiger charge is 2.09. The van der Waals surface area contributed by atoms with Crippen molar-refractivity contribution in [1.29, 1.82) is 0 Å². The minimum absolute atomic E-state index is 0.0276. The van der Waals surface area contributed by atoms with E-state index in [1.807, 2.05) is 0 Å². The SMILES string of the molecule is O=C(O)CSCCCOC(=O)c1ccc(O)c(O)c1. The van der Waals surface area contributed by atoms with E-state index in [1.54, 1.807) is 0 Å². The third kappa shape index (κ3) is 5.52. The number of carbonyl (C=O) groups is 2. The Morgan fingerprint density at radius 3 is 2.58 bits per heavy atom. The fourth-order valence-corrected chi connectivity index (χ4v) is 1.86. The van der Waals surface area contributed by atoms with Gasteiger partial charge in [-0.15, -0.1) is 0 Å². The van der Waals surface area contributed by atoms with Crippen molar-refractivity contribution < 1.29 is 29.6 Å². The summed E-state index contributed by atoms with van der Waals surface area (Å²) in [6, 6.07) is 3.67. The van der Waals surface area contributed by atoms with Gasteiger partial charge < -0.3 is 20.1 Å². The summed E-state index contributed by atoms with van der Waals surface area (Å²) in [5, 5.41) is 26.7. The number of rotatable bonds is 7. The van der Waals surface area contributed by atoms with Crippen molar-refractivity contribution in [3.63, 3.8) is 0 Å². The fraction of sp³-hybridized carbons (Fsp3) is 0.333. The lowest BCUT2D eigenvalue weighted by Crippen LogP contribution is -2.07. The first kappa shape index (κ1) is 15.2. The van der Waals surface area contributed by atoms with Gasteiger partial charge in [-0.2, -0.15) is 11.8 Å². The number of thioether (sulfide) groups is 1. The Morgan fingerprint density at radius 2 is 1.95 bits per heavy atom. The maximum atomic E-state index is 11.5. The van der Waals surface area contributed by atoms with Gasteiger partial charge in [0.1, 0.15) is 0 Å². The van der Waals surface area contributed by atoms with Crippen LogP contribution in [0, 0.1) is 0 Å². The van der Waals surface area contributed by atoms with Gasteiger partial charge >= 0.3 is 11.9 Å². The molecule has 1 aromatic carbocycles. The van der Waals surface area contributed by atoms with Crippen LogP contribution in [0.2, 0.25) is 0 Å². The number of benzene rings is 1. The van der Waals surface area contributed by atoms with E-state index in [9.17, 15) is 14.7 Å². The van der Waals surface area contributed by atoms with Crippen LogP contribution in [0.4, 0.5) is 0 Å². The van der Waals surface area contributed by atoms with Gasteiger partial charge in [-0.3, -0.25) is 4.79 Å². The van der Waals surface area contributed by atoms with Crippen molar-refractivity contribution in [1.82, 2.24) is 0 Å². The molecule has 0 amide bonds. The largest absolute Gasteiger partial charge is 0.504 e. The number of aliphatic carboxylic acids is 1. The van der Waals surface area contributed by atoms with Gasteiger partial charge in [0.25, 0.3) is 0 Å². The molecule has 0 fully saturated rings. The van der Waals surface area contributed by atoms with Crippen LogP contribution in [0.5, 0.6) is 11.5 Å². The fourth-order valence-electron chi connectivity index (χ4n) is 1.22. The number of aromatic hydroxyl groups is 2. The Balaban J connectivity index is 2.27. The second-order valence-corrected chi connectivity index (χ2v) is 4.74. The number of esters is 1. The van der Waals surface area contributed by atoms with Crippen molar-refractivity contribution in [3.8, 4) is 11.5 Å². The number of ether oxygens (including phenoxy) is 1. The maximum Gasteiger partial charge on any atom is 0.338 e. The Labute approximate surface area is 114 Å². The number of carbonyl (C=O) groups excluding carboxylic acids is 1. The van der Waals surface area contributed by atoms with Crippen LogP contribution < -0.4 is 0 Å². The highest BCUT2D eigenvalue weighted by Crippen LogP contribution is 2.25. The molecular formula is C12H14O6S. The molecule has 19 heavy (non-hydrogen) atoms. The molecule has 7 heteroatoms. The highest BCUT2D eigenvalue weighted by atomic mass is 32.2. The molecule has 0 spiro atoms. The van der Waals surface area contributed by atoms with Crippen molar-refractivity contribution in [2.24, 2.45) is 0 Å². The quantitative estimate of drug-likeness (QED) is 0.396. The lowest BCUT2D eigenvalue weighted by molar-refractivity contribution is -0.133. The smallest absolute Gasteiger partial charge is 0.338 e. The van der Waals surface area contributed by atoms with E-state index < -0.39 is 11.9 Å². The molecule has 0 bridgehead atoms. The Kier molecular flexibility index (Phi) is 6.01. The van der Waals surface area contributed by atoms with Gasteiger partial charge in [-0.25, -0.2) is 4.79 Å². The van der Waals surface area contributed by atoms with Crippen LogP contribution in [-0.2, 0) is 9.53 Å². The third-order valence-corrected chi connectivity index (χ3v) is 3.13. The molecule has 0 heterocycles. The average molecular weight is 286 g/mol. The lowest BCUT2D eigenvalue weighted by Gasteiger charge is -2.05. The van der Waals surface area contributed by atoms with Crippen LogP contribution in [0.1, 0.15) is 16.8 Å². The first-order valence-electron chi connectivity index (χ1n) is 5.49. The maximum absolute atomic E-state index is 11.5. The summed E-state index contributed by atoms with van der Waals surface area (Å²) < 4.78 is 4.94. The van der Waals surface area contributed by atoms with Crippen molar-refractivity contribution in [2.75, 3.05) is 18.1 Å².